The molecule has 0 spiro atoms. The van der Waals surface area contributed by atoms with E-state index in [0.29, 0.717) is 18.8 Å². The molecule has 1 aromatic rings. The van der Waals surface area contributed by atoms with E-state index < -0.39 is 11.5 Å². The Bertz CT molecular complexity index is 459. The van der Waals surface area contributed by atoms with Gasteiger partial charge in [0.25, 0.3) is 0 Å². The molecule has 106 valence electrons. The van der Waals surface area contributed by atoms with Crippen LogP contribution in [0.3, 0.4) is 0 Å². The normalized spacial score (nSPS) is 14.2. The molecule has 0 saturated heterocycles. The zero-order chi connectivity index (χ0) is 14.6. The molecule has 1 aromatic carbocycles. The maximum absolute atomic E-state index is 11.4. The van der Waals surface area contributed by atoms with Gasteiger partial charge in [0.1, 0.15) is 5.54 Å². The first-order valence-corrected chi connectivity index (χ1v) is 6.16. The van der Waals surface area contributed by atoms with Crippen molar-refractivity contribution in [1.29, 1.82) is 0 Å². The Kier molecular flexibility index (Phi) is 4.78. The second kappa shape index (κ2) is 5.93. The van der Waals surface area contributed by atoms with E-state index in [0.717, 1.165) is 5.56 Å². The van der Waals surface area contributed by atoms with Gasteiger partial charge in [-0.25, -0.2) is 0 Å². The van der Waals surface area contributed by atoms with Gasteiger partial charge in [0.2, 0.25) is 0 Å². The molecule has 0 heterocycles. The minimum absolute atomic E-state index is 0.0625. The summed E-state index contributed by atoms with van der Waals surface area (Å²) in [5.41, 5.74) is -0.194. The molecule has 2 N–H and O–H groups in total. The Labute approximate surface area is 113 Å². The van der Waals surface area contributed by atoms with Crippen molar-refractivity contribution in [2.24, 2.45) is 0 Å². The van der Waals surface area contributed by atoms with E-state index in [-0.39, 0.29) is 5.75 Å². The molecule has 1 rings (SSSR count). The maximum atomic E-state index is 11.4. The molecule has 0 bridgehead atoms. The van der Waals surface area contributed by atoms with E-state index in [9.17, 15) is 15.0 Å². The molecule has 0 fully saturated rings. The van der Waals surface area contributed by atoms with Crippen molar-refractivity contribution in [2.75, 3.05) is 20.7 Å². The van der Waals surface area contributed by atoms with Crippen LogP contribution in [0, 0.1) is 0 Å². The number of aromatic hydroxyl groups is 1. The fourth-order valence-electron chi connectivity index (χ4n) is 1.76. The number of carboxylic acids is 1. The SMILES string of the molecule is CCOc1cc(CC(C)(C(=O)O)N(C)C)ccc1O. The first kappa shape index (κ1) is 15.3. The maximum Gasteiger partial charge on any atom is 0.324 e. The van der Waals surface area contributed by atoms with Crippen LogP contribution in [0.25, 0.3) is 0 Å². The van der Waals surface area contributed by atoms with Gasteiger partial charge in [0.15, 0.2) is 11.5 Å². The summed E-state index contributed by atoms with van der Waals surface area (Å²) < 4.78 is 5.30. The van der Waals surface area contributed by atoms with Crippen molar-refractivity contribution in [3.8, 4) is 11.5 Å². The summed E-state index contributed by atoms with van der Waals surface area (Å²) in [6.45, 7) is 3.94. The third-order valence-corrected chi connectivity index (χ3v) is 3.32. The lowest BCUT2D eigenvalue weighted by Gasteiger charge is -2.32. The highest BCUT2D eigenvalue weighted by atomic mass is 16.5. The minimum Gasteiger partial charge on any atom is -0.504 e. The van der Waals surface area contributed by atoms with Crippen LogP contribution in [-0.4, -0.2) is 47.3 Å². The molecule has 5 nitrogen and oxygen atoms in total. The van der Waals surface area contributed by atoms with E-state index in [1.54, 1.807) is 38.1 Å². The summed E-state index contributed by atoms with van der Waals surface area (Å²) in [6.07, 6.45) is 0.329. The van der Waals surface area contributed by atoms with Gasteiger partial charge >= 0.3 is 5.97 Å². The predicted molar refractivity (Wildman–Crippen MR) is 72.7 cm³/mol. The van der Waals surface area contributed by atoms with Crippen LogP contribution in [0.2, 0.25) is 0 Å². The number of rotatable bonds is 6. The monoisotopic (exact) mass is 267 g/mol. The number of carbonyl (C=O) groups is 1. The molecular weight excluding hydrogens is 246 g/mol. The topological polar surface area (TPSA) is 70.0 Å². The lowest BCUT2D eigenvalue weighted by Crippen LogP contribution is -2.50. The Morgan fingerprint density at radius 1 is 1.42 bits per heavy atom. The van der Waals surface area contributed by atoms with Crippen molar-refractivity contribution in [1.82, 2.24) is 4.90 Å². The highest BCUT2D eigenvalue weighted by Crippen LogP contribution is 2.29. The van der Waals surface area contributed by atoms with Crippen LogP contribution < -0.4 is 4.74 Å². The zero-order valence-corrected chi connectivity index (χ0v) is 11.8. The zero-order valence-electron chi connectivity index (χ0n) is 11.8. The number of carboxylic acid groups (broad SMARTS) is 1. The van der Waals surface area contributed by atoms with Gasteiger partial charge in [-0.2, -0.15) is 0 Å². The molecule has 0 aliphatic heterocycles. The molecule has 0 radical (unpaired) electrons. The molecule has 1 unspecified atom stereocenters. The molecular formula is C14H21NO4. The van der Waals surface area contributed by atoms with Gasteiger partial charge < -0.3 is 14.9 Å². The van der Waals surface area contributed by atoms with Crippen molar-refractivity contribution >= 4 is 5.97 Å². The Morgan fingerprint density at radius 2 is 2.05 bits per heavy atom. The highest BCUT2D eigenvalue weighted by Gasteiger charge is 2.35. The summed E-state index contributed by atoms with van der Waals surface area (Å²) in [7, 11) is 3.47. The summed E-state index contributed by atoms with van der Waals surface area (Å²) in [4.78, 5) is 13.1. The van der Waals surface area contributed by atoms with Crippen LogP contribution in [0.4, 0.5) is 0 Å². The molecule has 0 amide bonds. The Balaban J connectivity index is 3.04. The predicted octanol–water partition coefficient (Wildman–Crippen LogP) is 1.74. The number of aliphatic carboxylic acids is 1. The third kappa shape index (κ3) is 3.38. The van der Waals surface area contributed by atoms with E-state index in [4.69, 9.17) is 4.74 Å². The summed E-state index contributed by atoms with van der Waals surface area (Å²) in [5.74, 6) is -0.442. The number of phenols is 1. The third-order valence-electron chi connectivity index (χ3n) is 3.32. The smallest absolute Gasteiger partial charge is 0.324 e. The van der Waals surface area contributed by atoms with E-state index >= 15 is 0 Å². The lowest BCUT2D eigenvalue weighted by atomic mass is 9.91. The van der Waals surface area contributed by atoms with Gasteiger partial charge in [-0.15, -0.1) is 0 Å². The van der Waals surface area contributed by atoms with Crippen LogP contribution in [-0.2, 0) is 11.2 Å². The largest absolute Gasteiger partial charge is 0.504 e. The van der Waals surface area contributed by atoms with Crippen LogP contribution in [0.15, 0.2) is 18.2 Å². The number of likely N-dealkylation sites (N-methyl/N-ethyl adjacent to an activating group) is 1. The van der Waals surface area contributed by atoms with Gasteiger partial charge in [0.05, 0.1) is 6.61 Å². The van der Waals surface area contributed by atoms with E-state index in [1.165, 1.54) is 6.07 Å². The van der Waals surface area contributed by atoms with Gasteiger partial charge in [-0.05, 0) is 45.6 Å². The first-order valence-electron chi connectivity index (χ1n) is 6.16. The fourth-order valence-corrected chi connectivity index (χ4v) is 1.76. The Morgan fingerprint density at radius 3 is 2.53 bits per heavy atom. The van der Waals surface area contributed by atoms with Gasteiger partial charge in [-0.1, -0.05) is 6.07 Å². The summed E-state index contributed by atoms with van der Waals surface area (Å²) >= 11 is 0. The number of hydrogen-bond donors (Lipinski definition) is 2. The Hall–Kier alpha value is -1.75. The molecule has 5 heteroatoms. The molecule has 0 aliphatic carbocycles. The minimum atomic E-state index is -1.000. The second-order valence-corrected chi connectivity index (χ2v) is 4.89. The van der Waals surface area contributed by atoms with Gasteiger partial charge in [0, 0.05) is 6.42 Å². The van der Waals surface area contributed by atoms with Crippen molar-refractivity contribution in [2.45, 2.75) is 25.8 Å². The van der Waals surface area contributed by atoms with Crippen LogP contribution >= 0.6 is 0 Å². The summed E-state index contributed by atoms with van der Waals surface area (Å²) in [5, 5.41) is 19.0. The van der Waals surface area contributed by atoms with Crippen molar-refractivity contribution in [3.63, 3.8) is 0 Å². The van der Waals surface area contributed by atoms with E-state index in [2.05, 4.69) is 0 Å². The molecule has 0 aliphatic rings. The quantitative estimate of drug-likeness (QED) is 0.821. The number of benzene rings is 1. The van der Waals surface area contributed by atoms with Crippen LogP contribution in [0.5, 0.6) is 11.5 Å². The molecule has 19 heavy (non-hydrogen) atoms. The van der Waals surface area contributed by atoms with Gasteiger partial charge in [-0.3, -0.25) is 9.69 Å². The molecule has 1 atom stereocenters. The van der Waals surface area contributed by atoms with Crippen molar-refractivity contribution < 1.29 is 19.7 Å². The molecule has 0 saturated carbocycles. The van der Waals surface area contributed by atoms with Crippen molar-refractivity contribution in [3.05, 3.63) is 23.8 Å². The molecule has 0 aromatic heterocycles. The number of ether oxygens (including phenoxy) is 1. The van der Waals surface area contributed by atoms with E-state index in [1.807, 2.05) is 6.92 Å². The first-order chi connectivity index (χ1) is 8.81. The number of hydrogen-bond acceptors (Lipinski definition) is 4. The standard InChI is InChI=1S/C14H21NO4/c1-5-19-12-8-10(6-7-11(12)16)9-14(2,13(17)18)15(3)4/h6-8,16H,5,9H2,1-4H3,(H,17,18). The number of phenolic OH excluding ortho intramolecular Hbond substituents is 1. The highest BCUT2D eigenvalue weighted by molar-refractivity contribution is 5.78. The lowest BCUT2D eigenvalue weighted by molar-refractivity contribution is -0.148. The second-order valence-electron chi connectivity index (χ2n) is 4.89. The number of nitrogens with zero attached hydrogens (tertiary/aromatic N) is 1. The average molecular weight is 267 g/mol. The van der Waals surface area contributed by atoms with Crippen LogP contribution in [0.1, 0.15) is 19.4 Å². The summed E-state index contributed by atoms with van der Waals surface area (Å²) in [6, 6.07) is 4.92. The fraction of sp³-hybridized carbons (Fsp3) is 0.500. The average Bonchev–Trinajstić information content (AvgIpc) is 2.33.